The van der Waals surface area contributed by atoms with Crippen LogP contribution in [-0.2, 0) is 21.8 Å². The van der Waals surface area contributed by atoms with Gasteiger partial charge in [-0.3, -0.25) is 0 Å². The summed E-state index contributed by atoms with van der Waals surface area (Å²) in [5.41, 5.74) is 6.45. The molecule has 1 atom stereocenters. The van der Waals surface area contributed by atoms with Gasteiger partial charge in [0, 0.05) is 17.0 Å². The molecule has 7 heteroatoms. The molecule has 1 aliphatic heterocycles. The Morgan fingerprint density at radius 3 is 2.47 bits per heavy atom. The quantitative estimate of drug-likeness (QED) is 0.314. The van der Waals surface area contributed by atoms with Gasteiger partial charge in [0.1, 0.15) is 5.82 Å². The third kappa shape index (κ3) is 4.01. The minimum Gasteiger partial charge on any atom is -0.475 e. The predicted molar refractivity (Wildman–Crippen MR) is 142 cm³/mol. The summed E-state index contributed by atoms with van der Waals surface area (Å²) in [6.45, 7) is 8.26. The molecule has 6 nitrogen and oxygen atoms in total. The molecular weight excluding hydrogens is 474 g/mol. The Kier molecular flexibility index (Phi) is 6.00. The number of halogens is 1. The minimum atomic E-state index is -1.08. The summed E-state index contributed by atoms with van der Waals surface area (Å²) in [5.74, 6) is -0.257. The van der Waals surface area contributed by atoms with Gasteiger partial charge in [0.25, 0.3) is 0 Å². The maximum Gasteiger partial charge on any atom is 0.373 e. The standard InChI is InChI=1S/C29H28ClN3O3/c1-5-29(32-18(3)27(36-29)28(34)35)23-13-17(2)26-25(15-23)33(19(4)31-26)16-22-12-11-21(14-24(22)30)20-9-7-6-8-10-20/h6-15,32H,5,16H2,1-4H3,(H,34,35). The summed E-state index contributed by atoms with van der Waals surface area (Å²) in [7, 11) is 0. The number of nitrogens with zero attached hydrogens (tertiary/aromatic N) is 2. The van der Waals surface area contributed by atoms with Crippen molar-refractivity contribution >= 4 is 28.6 Å². The van der Waals surface area contributed by atoms with E-state index in [2.05, 4.69) is 34.1 Å². The number of aliphatic carboxylic acids is 1. The van der Waals surface area contributed by atoms with Crippen molar-refractivity contribution in [1.29, 1.82) is 0 Å². The Morgan fingerprint density at radius 1 is 1.08 bits per heavy atom. The number of benzene rings is 3. The van der Waals surface area contributed by atoms with Gasteiger partial charge in [-0.25, -0.2) is 9.78 Å². The van der Waals surface area contributed by atoms with Crippen molar-refractivity contribution < 1.29 is 14.6 Å². The van der Waals surface area contributed by atoms with Gasteiger partial charge >= 0.3 is 5.97 Å². The van der Waals surface area contributed by atoms with Crippen LogP contribution >= 0.6 is 11.6 Å². The van der Waals surface area contributed by atoms with Crippen LogP contribution in [0.5, 0.6) is 0 Å². The molecule has 184 valence electrons. The number of ether oxygens (including phenoxy) is 1. The summed E-state index contributed by atoms with van der Waals surface area (Å²) in [6.07, 6.45) is 0.548. The molecule has 3 aromatic carbocycles. The van der Waals surface area contributed by atoms with Crippen LogP contribution in [0.3, 0.4) is 0 Å². The zero-order valence-electron chi connectivity index (χ0n) is 20.7. The van der Waals surface area contributed by atoms with Gasteiger partial charge in [-0.1, -0.05) is 61.0 Å². The average molecular weight is 502 g/mol. The highest BCUT2D eigenvalue weighted by molar-refractivity contribution is 6.31. The van der Waals surface area contributed by atoms with Crippen molar-refractivity contribution in [2.24, 2.45) is 0 Å². The minimum absolute atomic E-state index is 0.0513. The van der Waals surface area contributed by atoms with Crippen molar-refractivity contribution in [3.05, 3.63) is 99.7 Å². The maximum absolute atomic E-state index is 11.7. The number of imidazole rings is 1. The molecule has 2 heterocycles. The molecule has 0 saturated heterocycles. The molecule has 5 rings (SSSR count). The predicted octanol–water partition coefficient (Wildman–Crippen LogP) is 6.52. The summed E-state index contributed by atoms with van der Waals surface area (Å²) < 4.78 is 8.16. The van der Waals surface area contributed by atoms with Gasteiger partial charge in [-0.15, -0.1) is 0 Å². The van der Waals surface area contributed by atoms with Crippen LogP contribution in [0.2, 0.25) is 5.02 Å². The number of hydrogen-bond acceptors (Lipinski definition) is 4. The fraction of sp³-hybridized carbons (Fsp3) is 0.241. The number of nitrogens with one attached hydrogen (secondary N) is 1. The van der Waals surface area contributed by atoms with Crippen LogP contribution in [0.4, 0.5) is 0 Å². The van der Waals surface area contributed by atoms with Crippen molar-refractivity contribution in [2.75, 3.05) is 0 Å². The van der Waals surface area contributed by atoms with E-state index in [1.165, 1.54) is 0 Å². The number of carbonyl (C=O) groups is 1. The van der Waals surface area contributed by atoms with Gasteiger partial charge in [-0.2, -0.15) is 0 Å². The second-order valence-corrected chi connectivity index (χ2v) is 9.65. The Hall–Kier alpha value is -3.77. The molecule has 1 aromatic heterocycles. The van der Waals surface area contributed by atoms with Gasteiger partial charge in [0.05, 0.1) is 23.3 Å². The van der Waals surface area contributed by atoms with E-state index in [4.69, 9.17) is 21.3 Å². The Bertz CT molecular complexity index is 1520. The van der Waals surface area contributed by atoms with E-state index >= 15 is 0 Å². The smallest absolute Gasteiger partial charge is 0.373 e. The average Bonchev–Trinajstić information content (AvgIpc) is 3.38. The SMILES string of the molecule is CCC1(c2cc(C)c3nc(C)n(Cc4ccc(-c5ccccc5)cc4Cl)c3c2)NC(C)=C(C(=O)O)O1. The molecule has 0 spiro atoms. The number of fused-ring (bicyclic) bond motifs is 1. The number of hydrogen-bond donors (Lipinski definition) is 2. The van der Waals surface area contributed by atoms with Crippen LogP contribution < -0.4 is 5.32 Å². The molecule has 0 bridgehead atoms. The van der Waals surface area contributed by atoms with Crippen molar-refractivity contribution in [1.82, 2.24) is 14.9 Å². The lowest BCUT2D eigenvalue weighted by atomic mass is 9.97. The highest BCUT2D eigenvalue weighted by atomic mass is 35.5. The Balaban J connectivity index is 1.55. The molecule has 0 radical (unpaired) electrons. The first-order valence-electron chi connectivity index (χ1n) is 12.0. The molecule has 0 saturated carbocycles. The first-order valence-corrected chi connectivity index (χ1v) is 12.3. The summed E-state index contributed by atoms with van der Waals surface area (Å²) in [5, 5.41) is 13.6. The molecule has 1 unspecified atom stereocenters. The van der Waals surface area contributed by atoms with Gasteiger partial charge < -0.3 is 19.7 Å². The van der Waals surface area contributed by atoms with Gasteiger partial charge in [0.15, 0.2) is 0 Å². The van der Waals surface area contributed by atoms with E-state index < -0.39 is 11.7 Å². The largest absolute Gasteiger partial charge is 0.475 e. The summed E-state index contributed by atoms with van der Waals surface area (Å²) in [6, 6.07) is 20.4. The second-order valence-electron chi connectivity index (χ2n) is 9.25. The van der Waals surface area contributed by atoms with E-state index in [0.29, 0.717) is 23.7 Å². The zero-order chi connectivity index (χ0) is 25.6. The maximum atomic E-state index is 11.7. The van der Waals surface area contributed by atoms with Crippen LogP contribution in [-0.4, -0.2) is 20.6 Å². The van der Waals surface area contributed by atoms with Crippen molar-refractivity contribution in [2.45, 2.75) is 46.4 Å². The fourth-order valence-corrected chi connectivity index (χ4v) is 5.17. The molecule has 2 N–H and O–H groups in total. The first-order chi connectivity index (χ1) is 17.2. The third-order valence-electron chi connectivity index (χ3n) is 6.89. The third-order valence-corrected chi connectivity index (χ3v) is 7.24. The summed E-state index contributed by atoms with van der Waals surface area (Å²) >= 11 is 6.75. The van der Waals surface area contributed by atoms with Crippen molar-refractivity contribution in [3.63, 3.8) is 0 Å². The van der Waals surface area contributed by atoms with Crippen molar-refractivity contribution in [3.8, 4) is 11.1 Å². The fourth-order valence-electron chi connectivity index (χ4n) is 4.93. The van der Waals surface area contributed by atoms with Crippen LogP contribution in [0.25, 0.3) is 22.2 Å². The Labute approximate surface area is 215 Å². The number of aryl methyl sites for hydroxylation is 2. The molecule has 1 aliphatic rings. The number of aromatic nitrogens is 2. The van der Waals surface area contributed by atoms with Crippen LogP contribution in [0.1, 0.15) is 42.8 Å². The van der Waals surface area contributed by atoms with Gasteiger partial charge in [-0.05, 0) is 61.2 Å². The van der Waals surface area contributed by atoms with E-state index in [9.17, 15) is 9.90 Å². The second kappa shape index (κ2) is 9.03. The number of rotatable bonds is 6. The molecule has 36 heavy (non-hydrogen) atoms. The van der Waals surface area contributed by atoms with Crippen LogP contribution in [0, 0.1) is 13.8 Å². The molecule has 0 aliphatic carbocycles. The highest BCUT2D eigenvalue weighted by Gasteiger charge is 2.42. The van der Waals surface area contributed by atoms with E-state index in [1.807, 2.05) is 57.2 Å². The normalized spacial score (nSPS) is 17.4. The topological polar surface area (TPSA) is 76.4 Å². The zero-order valence-corrected chi connectivity index (χ0v) is 21.5. The first kappa shape index (κ1) is 23.9. The van der Waals surface area contributed by atoms with E-state index in [0.717, 1.165) is 44.7 Å². The Morgan fingerprint density at radius 2 is 1.83 bits per heavy atom. The van der Waals surface area contributed by atoms with E-state index in [1.54, 1.807) is 6.92 Å². The number of carboxylic acids is 1. The number of carboxylic acid groups (broad SMARTS) is 1. The van der Waals surface area contributed by atoms with E-state index in [-0.39, 0.29) is 5.76 Å². The van der Waals surface area contributed by atoms with Crippen LogP contribution in [0.15, 0.2) is 72.1 Å². The molecule has 4 aromatic rings. The molecule has 0 fully saturated rings. The monoisotopic (exact) mass is 501 g/mol. The lowest BCUT2D eigenvalue weighted by Gasteiger charge is -2.30. The molecular formula is C29H28ClN3O3. The lowest BCUT2D eigenvalue weighted by Crippen LogP contribution is -2.38. The molecule has 0 amide bonds. The number of allylic oxidation sites excluding steroid dienone is 1. The highest BCUT2D eigenvalue weighted by Crippen LogP contribution is 2.38. The lowest BCUT2D eigenvalue weighted by molar-refractivity contribution is -0.139. The summed E-state index contributed by atoms with van der Waals surface area (Å²) in [4.78, 5) is 16.5. The van der Waals surface area contributed by atoms with Gasteiger partial charge in [0.2, 0.25) is 11.5 Å².